The Bertz CT molecular complexity index is 2390. The van der Waals surface area contributed by atoms with Gasteiger partial charge in [0, 0.05) is 103 Å². The summed E-state index contributed by atoms with van der Waals surface area (Å²) in [5.41, 5.74) is 21.1. The highest BCUT2D eigenvalue weighted by molar-refractivity contribution is 5.92. The number of unbranched alkanes of at least 4 members (excludes halogenated alkanes) is 6. The van der Waals surface area contributed by atoms with Gasteiger partial charge in [-0.1, -0.05) is 53.4 Å². The number of methoxy groups -OCH3 is 2. The van der Waals surface area contributed by atoms with E-state index >= 15 is 0 Å². The summed E-state index contributed by atoms with van der Waals surface area (Å²) in [7, 11) is 2.39. The molecule has 18 N–H and O–H groups in total. The van der Waals surface area contributed by atoms with Crippen LogP contribution in [0.1, 0.15) is 170 Å². The van der Waals surface area contributed by atoms with Gasteiger partial charge in [-0.05, 0) is 89.9 Å². The Balaban J connectivity index is 0. The fraction of sp³-hybridized carbons (Fsp3) is 0.742. The third-order valence-corrected chi connectivity index (χ3v) is 15.0. The molecule has 0 aromatic carbocycles. The van der Waals surface area contributed by atoms with Crippen molar-refractivity contribution in [3.8, 4) is 0 Å². The van der Waals surface area contributed by atoms with Crippen LogP contribution in [-0.4, -0.2) is 210 Å². The lowest BCUT2D eigenvalue weighted by molar-refractivity contribution is -0.139. The standard InChI is InChI=1S/C31H56N8O10.C31H56N8O8/c1-21(27(32)43)11-5-8-15-34-24(40)19-39(20-25(41)35-16-9-6-12-22(2)28(33)44)26(42)14-18-36-29(45)23(38-31(47)49-4)13-7-10-17-37-30(46)48-3;1-21(29(32)45)11-5-8-16-35-26(42)19-39(20-27(43)36-17-9-6-12-22(2)30(33)46)28(44)14-18-37-31(47)25(38-24(4)41)13-7-10-15-34-23(3)40/h21-23H,5-20H2,1-4H3,(H2,32,43)(H2,33,44)(H,34,40)(H,35,41)(H,36,45)(H,37,46)(H,38,47);21-22,25H,5-20H2,1-4H3,(H2,32,45)(H2,33,46)(H,34,40)(H,35,42)(H,36,43)(H,37,47)(H,38,41)/t21?,22?,23-;21?,22?,25-/m00/s1. The van der Waals surface area contributed by atoms with Gasteiger partial charge in [0.2, 0.25) is 82.7 Å². The molecule has 548 valence electrons. The van der Waals surface area contributed by atoms with Crippen LogP contribution in [0.4, 0.5) is 9.59 Å². The highest BCUT2D eigenvalue weighted by atomic mass is 16.5. The molecule has 0 saturated heterocycles. The van der Waals surface area contributed by atoms with E-state index in [9.17, 15) is 76.7 Å². The van der Waals surface area contributed by atoms with Crippen molar-refractivity contribution in [2.75, 3.05) is 92.8 Å². The molecule has 6 atom stereocenters. The summed E-state index contributed by atoms with van der Waals surface area (Å²) >= 11 is 0. The van der Waals surface area contributed by atoms with Gasteiger partial charge in [0.25, 0.3) is 0 Å². The van der Waals surface area contributed by atoms with Crippen molar-refractivity contribution in [1.29, 1.82) is 0 Å². The fourth-order valence-corrected chi connectivity index (χ4v) is 8.77. The van der Waals surface area contributed by atoms with E-state index in [-0.39, 0.29) is 86.8 Å². The number of hydrogen-bond acceptors (Lipinski definition) is 18. The minimum absolute atomic E-state index is 0.0878. The molecule has 16 amide bonds. The lowest BCUT2D eigenvalue weighted by Gasteiger charge is -2.23. The van der Waals surface area contributed by atoms with Crippen molar-refractivity contribution >= 4 is 94.9 Å². The van der Waals surface area contributed by atoms with Gasteiger partial charge in [0.1, 0.15) is 38.3 Å². The minimum Gasteiger partial charge on any atom is -0.453 e. The predicted molar refractivity (Wildman–Crippen MR) is 353 cm³/mol. The van der Waals surface area contributed by atoms with E-state index in [1.807, 2.05) is 0 Å². The first-order chi connectivity index (χ1) is 45.3. The van der Waals surface area contributed by atoms with Crippen LogP contribution in [0.5, 0.6) is 0 Å². The molecule has 96 heavy (non-hydrogen) atoms. The molecule has 0 aromatic rings. The van der Waals surface area contributed by atoms with Crippen LogP contribution >= 0.6 is 0 Å². The summed E-state index contributed by atoms with van der Waals surface area (Å²) in [4.78, 5) is 195. The molecular weight excluding hydrogens is 1260 g/mol. The summed E-state index contributed by atoms with van der Waals surface area (Å²) in [6, 6.07) is -1.81. The molecule has 34 heteroatoms. The molecule has 0 heterocycles. The first-order valence-corrected chi connectivity index (χ1v) is 32.9. The molecule has 0 aromatic heterocycles. The van der Waals surface area contributed by atoms with Crippen molar-refractivity contribution < 1.29 is 86.2 Å². The van der Waals surface area contributed by atoms with E-state index < -0.39 is 102 Å². The normalized spacial score (nSPS) is 12.4. The summed E-state index contributed by atoms with van der Waals surface area (Å²) in [6.07, 6.45) is 8.16. The number of carbonyl (C=O) groups is 16. The molecule has 0 saturated carbocycles. The number of nitrogens with two attached hydrogens (primary N) is 4. The number of alkyl carbamates (subject to hydrolysis) is 2. The summed E-state index contributed by atoms with van der Waals surface area (Å²) in [5.74, 6) is -7.29. The van der Waals surface area contributed by atoms with Crippen molar-refractivity contribution in [3.63, 3.8) is 0 Å². The number of nitrogens with one attached hydrogen (secondary N) is 10. The Labute approximate surface area is 563 Å². The van der Waals surface area contributed by atoms with E-state index in [4.69, 9.17) is 22.9 Å². The molecule has 0 aliphatic rings. The minimum atomic E-state index is -0.981. The molecule has 0 spiro atoms. The van der Waals surface area contributed by atoms with Gasteiger partial charge in [-0.3, -0.25) is 67.1 Å². The first-order valence-electron chi connectivity index (χ1n) is 32.9. The zero-order chi connectivity index (χ0) is 73.0. The van der Waals surface area contributed by atoms with Crippen LogP contribution < -0.4 is 76.1 Å². The van der Waals surface area contributed by atoms with Crippen molar-refractivity contribution in [3.05, 3.63) is 0 Å². The predicted octanol–water partition coefficient (Wildman–Crippen LogP) is -1.66. The number of primary amides is 4. The van der Waals surface area contributed by atoms with E-state index in [1.54, 1.807) is 27.7 Å². The van der Waals surface area contributed by atoms with Crippen LogP contribution in [0.2, 0.25) is 0 Å². The number of carbonyl (C=O) groups excluding carboxylic acids is 16. The van der Waals surface area contributed by atoms with E-state index in [0.717, 1.165) is 16.9 Å². The van der Waals surface area contributed by atoms with Crippen LogP contribution in [0.15, 0.2) is 0 Å². The molecule has 0 radical (unpaired) electrons. The second-order valence-corrected chi connectivity index (χ2v) is 23.5. The number of amides is 16. The molecule has 0 fully saturated rings. The molecular formula is C62H112N16O18. The Hall–Kier alpha value is -8.88. The third kappa shape index (κ3) is 48.8. The Kier molecular flexibility index (Phi) is 50.5. The average molecular weight is 1370 g/mol. The SMILES string of the molecule is CC(=O)NCCCC[C@H](NC(C)=O)C(=O)NCCC(=O)N(CC(=O)NCCCCC(C)C(N)=O)CC(=O)NCCCCC(C)C(N)=O.COC(=O)NCCCC[C@H](NC(=O)OC)C(=O)NCCC(=O)N(CC(=O)NCCCCC(C)C(N)=O)CC(=O)NCCCCC(C)C(N)=O. The zero-order valence-corrected chi connectivity index (χ0v) is 57.6. The molecule has 4 unspecified atom stereocenters. The van der Waals surface area contributed by atoms with Crippen LogP contribution in [-0.2, 0) is 76.6 Å². The van der Waals surface area contributed by atoms with Crippen LogP contribution in [0, 0.1) is 23.7 Å². The highest BCUT2D eigenvalue weighted by Crippen LogP contribution is 2.11. The van der Waals surface area contributed by atoms with E-state index in [2.05, 4.69) is 62.6 Å². The van der Waals surface area contributed by atoms with E-state index in [0.29, 0.717) is 148 Å². The molecule has 0 aliphatic heterocycles. The lowest BCUT2D eigenvalue weighted by atomic mass is 10.0. The Morgan fingerprint density at radius 3 is 0.865 bits per heavy atom. The van der Waals surface area contributed by atoms with Gasteiger partial charge in [-0.15, -0.1) is 0 Å². The fourth-order valence-electron chi connectivity index (χ4n) is 8.77. The first kappa shape index (κ1) is 89.2. The second-order valence-electron chi connectivity index (χ2n) is 23.5. The van der Waals surface area contributed by atoms with Crippen LogP contribution in [0.3, 0.4) is 0 Å². The molecule has 0 rings (SSSR count). The summed E-state index contributed by atoms with van der Waals surface area (Å²) < 4.78 is 9.09. The smallest absolute Gasteiger partial charge is 0.407 e. The van der Waals surface area contributed by atoms with Crippen LogP contribution in [0.25, 0.3) is 0 Å². The average Bonchev–Trinajstić information content (AvgIpc) is 1.28. The van der Waals surface area contributed by atoms with Gasteiger partial charge in [-0.2, -0.15) is 0 Å². The highest BCUT2D eigenvalue weighted by Gasteiger charge is 2.26. The third-order valence-electron chi connectivity index (χ3n) is 15.0. The zero-order valence-electron chi connectivity index (χ0n) is 57.6. The van der Waals surface area contributed by atoms with Gasteiger partial charge < -0.3 is 95.4 Å². The topological polar surface area (TPSA) is 522 Å². The summed E-state index contributed by atoms with van der Waals surface area (Å²) in [5, 5.41) is 26.3. The quantitative estimate of drug-likeness (QED) is 0.0303. The van der Waals surface area contributed by atoms with Gasteiger partial charge in [0.15, 0.2) is 0 Å². The Morgan fingerprint density at radius 1 is 0.323 bits per heavy atom. The molecule has 0 aliphatic carbocycles. The summed E-state index contributed by atoms with van der Waals surface area (Å²) in [6.45, 7) is 9.78. The maximum absolute atomic E-state index is 13.1. The monoisotopic (exact) mass is 1370 g/mol. The van der Waals surface area contributed by atoms with E-state index in [1.165, 1.54) is 21.0 Å². The van der Waals surface area contributed by atoms with Gasteiger partial charge >= 0.3 is 12.2 Å². The number of ether oxygens (including phenoxy) is 2. The molecule has 0 bridgehead atoms. The van der Waals surface area contributed by atoms with Gasteiger partial charge in [-0.25, -0.2) is 9.59 Å². The largest absolute Gasteiger partial charge is 0.453 e. The van der Waals surface area contributed by atoms with Crippen molar-refractivity contribution in [2.24, 2.45) is 46.6 Å². The Morgan fingerprint density at radius 2 is 0.594 bits per heavy atom. The van der Waals surface area contributed by atoms with Crippen molar-refractivity contribution in [1.82, 2.24) is 63.0 Å². The number of rotatable bonds is 52. The van der Waals surface area contributed by atoms with Crippen molar-refractivity contribution in [2.45, 2.75) is 182 Å². The molecule has 34 nitrogen and oxygen atoms in total. The number of nitrogens with zero attached hydrogens (tertiary/aromatic N) is 2. The second kappa shape index (κ2) is 54.4. The maximum Gasteiger partial charge on any atom is 0.407 e. The number of hydrogen-bond donors (Lipinski definition) is 14. The maximum atomic E-state index is 13.1. The van der Waals surface area contributed by atoms with Gasteiger partial charge in [0.05, 0.1) is 14.2 Å². The lowest BCUT2D eigenvalue weighted by Crippen LogP contribution is -2.49.